The fourth-order valence-corrected chi connectivity index (χ4v) is 4.15. The molecule has 0 amide bonds. The Labute approximate surface area is 157 Å². The Hall–Kier alpha value is -0.910. The van der Waals surface area contributed by atoms with Crippen LogP contribution in [0.5, 0.6) is 0 Å². The Bertz CT molecular complexity index is 572. The summed E-state index contributed by atoms with van der Waals surface area (Å²) in [5.41, 5.74) is 1.10. The Morgan fingerprint density at radius 1 is 1.42 bits per heavy atom. The monoisotopic (exact) mass is 465 g/mol. The summed E-state index contributed by atoms with van der Waals surface area (Å²) in [6, 6.07) is 6.67. The van der Waals surface area contributed by atoms with Crippen LogP contribution in [0, 0.1) is 10.1 Å². The second-order valence-electron chi connectivity index (χ2n) is 5.51. The van der Waals surface area contributed by atoms with Crippen molar-refractivity contribution in [3.05, 3.63) is 39.9 Å². The van der Waals surface area contributed by atoms with Gasteiger partial charge in [0.1, 0.15) is 0 Å². The molecule has 24 heavy (non-hydrogen) atoms. The van der Waals surface area contributed by atoms with E-state index in [0.717, 1.165) is 25.2 Å². The molecule has 1 aromatic carbocycles. The number of benzene rings is 1. The average molecular weight is 465 g/mol. The standard InChI is InChI=1S/C15H20IN3O4S/c1-2-23-15(20)9-14-11-18(24-16)8-7-17(14)10-12-3-5-13(6-4-12)19(21)22/h3-6,14H,2,7-11H2,1H3. The van der Waals surface area contributed by atoms with Crippen molar-refractivity contribution in [3.8, 4) is 0 Å². The lowest BCUT2D eigenvalue weighted by molar-refractivity contribution is -0.384. The Morgan fingerprint density at radius 3 is 2.71 bits per heavy atom. The average Bonchev–Trinajstić information content (AvgIpc) is 2.57. The first-order valence-electron chi connectivity index (χ1n) is 7.70. The lowest BCUT2D eigenvalue weighted by atomic mass is 10.1. The maximum atomic E-state index is 11.9. The van der Waals surface area contributed by atoms with Gasteiger partial charge >= 0.3 is 5.97 Å². The van der Waals surface area contributed by atoms with E-state index < -0.39 is 4.92 Å². The number of nitro benzene ring substituents is 1. The summed E-state index contributed by atoms with van der Waals surface area (Å²) in [7, 11) is 1.65. The first-order chi connectivity index (χ1) is 11.5. The molecule has 7 nitrogen and oxygen atoms in total. The van der Waals surface area contributed by atoms with E-state index in [4.69, 9.17) is 4.74 Å². The summed E-state index contributed by atoms with van der Waals surface area (Å²) in [5, 5.41) is 10.7. The third kappa shape index (κ3) is 5.57. The number of non-ortho nitro benzene ring substituents is 1. The van der Waals surface area contributed by atoms with Crippen molar-refractivity contribution >= 4 is 42.0 Å². The lowest BCUT2D eigenvalue weighted by Crippen LogP contribution is -2.51. The topological polar surface area (TPSA) is 75.9 Å². The molecule has 1 aliphatic rings. The van der Waals surface area contributed by atoms with Crippen LogP contribution < -0.4 is 0 Å². The molecule has 0 N–H and O–H groups in total. The minimum atomic E-state index is -0.399. The molecule has 1 aliphatic heterocycles. The number of ether oxygens (including phenoxy) is 1. The number of carbonyl (C=O) groups excluding carboxylic acids is 1. The SMILES string of the molecule is CCOC(=O)CC1CN(SI)CCN1Cc1ccc([N+](=O)[O-])cc1. The van der Waals surface area contributed by atoms with Crippen LogP contribution in [0.3, 0.4) is 0 Å². The molecule has 0 aliphatic carbocycles. The predicted octanol–water partition coefficient (Wildman–Crippen LogP) is 3.03. The van der Waals surface area contributed by atoms with E-state index in [0.29, 0.717) is 19.6 Å². The maximum absolute atomic E-state index is 11.9. The van der Waals surface area contributed by atoms with Crippen LogP contribution in [0.2, 0.25) is 0 Å². The summed E-state index contributed by atoms with van der Waals surface area (Å²) in [6.45, 7) is 5.41. The first-order valence-corrected chi connectivity index (χ1v) is 11.0. The van der Waals surface area contributed by atoms with E-state index in [1.165, 1.54) is 12.1 Å². The van der Waals surface area contributed by atoms with Crippen molar-refractivity contribution in [2.45, 2.75) is 25.9 Å². The molecule has 0 bridgehead atoms. The predicted molar refractivity (Wildman–Crippen MR) is 102 cm³/mol. The molecule has 0 aromatic heterocycles. The molecule has 1 aromatic rings. The number of hydrogen-bond donors (Lipinski definition) is 0. The smallest absolute Gasteiger partial charge is 0.307 e. The first kappa shape index (κ1) is 19.4. The van der Waals surface area contributed by atoms with Gasteiger partial charge in [-0.2, -0.15) is 0 Å². The Balaban J connectivity index is 2.04. The van der Waals surface area contributed by atoms with Gasteiger partial charge in [0.05, 0.1) is 18.0 Å². The van der Waals surface area contributed by atoms with E-state index >= 15 is 0 Å². The zero-order valence-electron chi connectivity index (χ0n) is 13.4. The second kappa shape index (κ2) is 9.54. The van der Waals surface area contributed by atoms with E-state index in [9.17, 15) is 14.9 Å². The van der Waals surface area contributed by atoms with Gasteiger partial charge < -0.3 is 4.74 Å². The molecule has 9 heteroatoms. The summed E-state index contributed by atoms with van der Waals surface area (Å²) in [4.78, 5) is 24.5. The highest BCUT2D eigenvalue weighted by Crippen LogP contribution is 2.26. The number of nitro groups is 1. The van der Waals surface area contributed by atoms with Crippen molar-refractivity contribution in [3.63, 3.8) is 0 Å². The van der Waals surface area contributed by atoms with Gasteiger partial charge in [0.2, 0.25) is 0 Å². The van der Waals surface area contributed by atoms with Gasteiger partial charge in [-0.25, -0.2) is 4.31 Å². The van der Waals surface area contributed by atoms with Crippen LogP contribution in [-0.4, -0.2) is 52.4 Å². The van der Waals surface area contributed by atoms with Crippen LogP contribution in [0.4, 0.5) is 5.69 Å². The van der Waals surface area contributed by atoms with Gasteiger partial charge in [-0.3, -0.25) is 19.8 Å². The number of esters is 1. The number of carbonyl (C=O) groups is 1. The van der Waals surface area contributed by atoms with Crippen LogP contribution >= 0.6 is 30.3 Å². The molecule has 132 valence electrons. The molecule has 0 radical (unpaired) electrons. The maximum Gasteiger partial charge on any atom is 0.307 e. The molecule has 0 spiro atoms. The van der Waals surface area contributed by atoms with Gasteiger partial charge in [0.15, 0.2) is 0 Å². The second-order valence-corrected chi connectivity index (χ2v) is 7.35. The van der Waals surface area contributed by atoms with Crippen LogP contribution in [0.25, 0.3) is 0 Å². The molecular formula is C15H20IN3O4S. The van der Waals surface area contributed by atoms with E-state index in [1.807, 2.05) is 0 Å². The normalized spacial score (nSPS) is 19.2. The van der Waals surface area contributed by atoms with E-state index in [2.05, 4.69) is 30.4 Å². The Kier molecular flexibility index (Phi) is 7.72. The summed E-state index contributed by atoms with van der Waals surface area (Å²) in [5.74, 6) is -0.184. The zero-order chi connectivity index (χ0) is 17.5. The molecular weight excluding hydrogens is 445 g/mol. The van der Waals surface area contributed by atoms with Gasteiger partial charge in [-0.15, -0.1) is 0 Å². The highest BCUT2D eigenvalue weighted by Gasteiger charge is 2.29. The van der Waals surface area contributed by atoms with Crippen LogP contribution in [0.1, 0.15) is 18.9 Å². The van der Waals surface area contributed by atoms with Crippen LogP contribution in [0.15, 0.2) is 24.3 Å². The van der Waals surface area contributed by atoms with Gasteiger partial charge in [-0.05, 0) is 21.6 Å². The summed E-state index contributed by atoms with van der Waals surface area (Å²) >= 11 is 2.25. The quantitative estimate of drug-likeness (QED) is 0.202. The van der Waals surface area contributed by atoms with Crippen molar-refractivity contribution in [2.75, 3.05) is 26.2 Å². The van der Waals surface area contributed by atoms with Gasteiger partial charge in [-0.1, -0.05) is 12.1 Å². The molecule has 1 heterocycles. The minimum absolute atomic E-state index is 0.0789. The Morgan fingerprint density at radius 2 is 2.12 bits per heavy atom. The largest absolute Gasteiger partial charge is 0.466 e. The summed E-state index contributed by atoms with van der Waals surface area (Å²) in [6.07, 6.45) is 0.356. The third-order valence-corrected chi connectivity index (χ3v) is 6.10. The lowest BCUT2D eigenvalue weighted by Gasteiger charge is -2.39. The molecule has 1 atom stereocenters. The van der Waals surface area contributed by atoms with E-state index in [-0.39, 0.29) is 17.7 Å². The van der Waals surface area contributed by atoms with Crippen molar-refractivity contribution < 1.29 is 14.5 Å². The molecule has 1 fully saturated rings. The van der Waals surface area contributed by atoms with Gasteiger partial charge in [0, 0.05) is 65.6 Å². The number of halogens is 1. The highest BCUT2D eigenvalue weighted by atomic mass is 127. The van der Waals surface area contributed by atoms with Crippen LogP contribution in [-0.2, 0) is 16.1 Å². The van der Waals surface area contributed by atoms with Gasteiger partial charge in [0.25, 0.3) is 5.69 Å². The number of hydrogen-bond acceptors (Lipinski definition) is 7. The molecule has 2 rings (SSSR count). The summed E-state index contributed by atoms with van der Waals surface area (Å²) < 4.78 is 7.32. The molecule has 0 saturated carbocycles. The fourth-order valence-electron chi connectivity index (χ4n) is 2.70. The number of piperazine rings is 1. The zero-order valence-corrected chi connectivity index (χ0v) is 16.4. The van der Waals surface area contributed by atoms with Crippen molar-refractivity contribution in [1.82, 2.24) is 9.21 Å². The van der Waals surface area contributed by atoms with E-state index in [1.54, 1.807) is 28.2 Å². The highest BCUT2D eigenvalue weighted by molar-refractivity contribution is 14.2. The minimum Gasteiger partial charge on any atom is -0.466 e. The third-order valence-electron chi connectivity index (χ3n) is 3.91. The number of nitrogens with zero attached hydrogens (tertiary/aromatic N) is 3. The number of rotatable bonds is 7. The van der Waals surface area contributed by atoms with Crippen molar-refractivity contribution in [2.24, 2.45) is 0 Å². The molecule has 1 unspecified atom stereocenters. The molecule has 1 saturated heterocycles. The fraction of sp³-hybridized carbons (Fsp3) is 0.533. The van der Waals surface area contributed by atoms with Crippen molar-refractivity contribution in [1.29, 1.82) is 0 Å².